The topological polar surface area (TPSA) is 66.0 Å². The predicted octanol–water partition coefficient (Wildman–Crippen LogP) is 3.27. The fourth-order valence-corrected chi connectivity index (χ4v) is 4.37. The average Bonchev–Trinajstić information content (AvgIpc) is 3.11. The van der Waals surface area contributed by atoms with Crippen LogP contribution in [-0.4, -0.2) is 57.1 Å². The molecule has 0 aromatic heterocycles. The summed E-state index contributed by atoms with van der Waals surface area (Å²) in [6, 6.07) is 7.19. The summed E-state index contributed by atoms with van der Waals surface area (Å²) in [7, 11) is 3.44. The number of benzene rings is 1. The number of ether oxygens (including phenoxy) is 1. The number of carbonyl (C=O) groups excluding carboxylic acids is 1. The number of aliphatic imine (C=N–C) groups is 1. The van der Waals surface area contributed by atoms with E-state index in [-0.39, 0.29) is 29.9 Å². The van der Waals surface area contributed by atoms with Crippen molar-refractivity contribution in [1.82, 2.24) is 15.5 Å². The third-order valence-electron chi connectivity index (χ3n) is 5.89. The van der Waals surface area contributed by atoms with Crippen molar-refractivity contribution in [2.75, 3.05) is 40.3 Å². The summed E-state index contributed by atoms with van der Waals surface area (Å²) < 4.78 is 5.17. The number of nitrogens with one attached hydrogen (secondary N) is 2. The summed E-state index contributed by atoms with van der Waals surface area (Å²) in [6.45, 7) is 3.40. The molecule has 0 bridgehead atoms. The van der Waals surface area contributed by atoms with Gasteiger partial charge in [-0.2, -0.15) is 0 Å². The highest BCUT2D eigenvalue weighted by Gasteiger charge is 2.39. The number of nitrogens with zero attached hydrogens (tertiary/aromatic N) is 2. The Morgan fingerprint density at radius 1 is 1.18 bits per heavy atom. The molecule has 1 aliphatic heterocycles. The van der Waals surface area contributed by atoms with E-state index in [9.17, 15) is 4.79 Å². The number of guanidine groups is 1. The Labute approximate surface area is 185 Å². The van der Waals surface area contributed by atoms with Gasteiger partial charge in [0.15, 0.2) is 5.96 Å². The Morgan fingerprint density at radius 3 is 2.64 bits per heavy atom. The van der Waals surface area contributed by atoms with Crippen LogP contribution in [0.4, 0.5) is 0 Å². The first-order valence-electron chi connectivity index (χ1n) is 10.0. The minimum Gasteiger partial charge on any atom is -0.497 e. The molecule has 28 heavy (non-hydrogen) atoms. The molecule has 7 heteroatoms. The Kier molecular flexibility index (Phi) is 8.85. The SMILES string of the molecule is CN=C(NCCNC(=O)c1cccc(OC)c1)N1CCC2(CCCCC2)C1.I. The van der Waals surface area contributed by atoms with Crippen LogP contribution in [0.25, 0.3) is 0 Å². The molecule has 2 fully saturated rings. The summed E-state index contributed by atoms with van der Waals surface area (Å²) in [5, 5.41) is 6.35. The third kappa shape index (κ3) is 5.75. The van der Waals surface area contributed by atoms with Gasteiger partial charge in [-0.3, -0.25) is 9.79 Å². The van der Waals surface area contributed by atoms with Crippen LogP contribution in [0.15, 0.2) is 29.3 Å². The number of amides is 1. The van der Waals surface area contributed by atoms with Crippen molar-refractivity contribution in [2.45, 2.75) is 38.5 Å². The van der Waals surface area contributed by atoms with Crippen LogP contribution in [0, 0.1) is 5.41 Å². The second-order valence-electron chi connectivity index (χ2n) is 7.69. The first-order valence-corrected chi connectivity index (χ1v) is 10.0. The van der Waals surface area contributed by atoms with Gasteiger partial charge in [-0.05, 0) is 42.9 Å². The van der Waals surface area contributed by atoms with Crippen LogP contribution in [0.1, 0.15) is 48.9 Å². The molecule has 6 nitrogen and oxygen atoms in total. The van der Waals surface area contributed by atoms with Crippen LogP contribution in [0.3, 0.4) is 0 Å². The molecule has 0 radical (unpaired) electrons. The van der Waals surface area contributed by atoms with Gasteiger partial charge in [-0.25, -0.2) is 0 Å². The van der Waals surface area contributed by atoms with Gasteiger partial charge in [0.05, 0.1) is 7.11 Å². The lowest BCUT2D eigenvalue weighted by Crippen LogP contribution is -2.44. The van der Waals surface area contributed by atoms with Crippen LogP contribution in [0.2, 0.25) is 0 Å². The number of rotatable bonds is 5. The maximum atomic E-state index is 12.3. The van der Waals surface area contributed by atoms with E-state index in [1.54, 1.807) is 19.2 Å². The molecule has 156 valence electrons. The fourth-order valence-electron chi connectivity index (χ4n) is 4.37. The van der Waals surface area contributed by atoms with Crippen molar-refractivity contribution in [3.63, 3.8) is 0 Å². The second kappa shape index (κ2) is 10.9. The third-order valence-corrected chi connectivity index (χ3v) is 5.89. The maximum Gasteiger partial charge on any atom is 0.251 e. The van der Waals surface area contributed by atoms with E-state index in [1.165, 1.54) is 38.5 Å². The number of halogens is 1. The van der Waals surface area contributed by atoms with E-state index in [1.807, 2.05) is 19.2 Å². The first kappa shape index (κ1) is 22.8. The monoisotopic (exact) mass is 500 g/mol. The van der Waals surface area contributed by atoms with Crippen LogP contribution >= 0.6 is 24.0 Å². The Hall–Kier alpha value is -1.51. The molecule has 3 rings (SSSR count). The Morgan fingerprint density at radius 2 is 1.93 bits per heavy atom. The van der Waals surface area contributed by atoms with Crippen molar-refractivity contribution in [2.24, 2.45) is 10.4 Å². The molecule has 1 saturated heterocycles. The highest BCUT2D eigenvalue weighted by atomic mass is 127. The molecule has 1 aromatic rings. The van der Waals surface area contributed by atoms with Crippen LogP contribution in [-0.2, 0) is 0 Å². The number of hydrogen-bond donors (Lipinski definition) is 2. The lowest BCUT2D eigenvalue weighted by Gasteiger charge is -2.33. The normalized spacial score (nSPS) is 18.5. The van der Waals surface area contributed by atoms with E-state index >= 15 is 0 Å². The lowest BCUT2D eigenvalue weighted by atomic mass is 9.73. The van der Waals surface area contributed by atoms with Gasteiger partial charge < -0.3 is 20.3 Å². The molecule has 1 aliphatic carbocycles. The van der Waals surface area contributed by atoms with Crippen LogP contribution < -0.4 is 15.4 Å². The van der Waals surface area contributed by atoms with Crippen molar-refractivity contribution < 1.29 is 9.53 Å². The summed E-state index contributed by atoms with van der Waals surface area (Å²) in [5.74, 6) is 1.55. The van der Waals surface area contributed by atoms with E-state index in [4.69, 9.17) is 4.74 Å². The maximum absolute atomic E-state index is 12.3. The molecular weight excluding hydrogens is 467 g/mol. The lowest BCUT2D eigenvalue weighted by molar-refractivity contribution is 0.0954. The van der Waals surface area contributed by atoms with Gasteiger partial charge in [0.25, 0.3) is 5.91 Å². The Balaban J connectivity index is 0.00000280. The molecule has 1 amide bonds. The number of carbonyl (C=O) groups is 1. The largest absolute Gasteiger partial charge is 0.497 e. The summed E-state index contributed by atoms with van der Waals surface area (Å²) in [5.41, 5.74) is 1.12. The zero-order chi connectivity index (χ0) is 19.1. The number of hydrogen-bond acceptors (Lipinski definition) is 3. The standard InChI is InChI=1S/C21H32N4O2.HI/c1-22-20(25-14-11-21(16-25)9-4-3-5-10-21)24-13-12-23-19(26)17-7-6-8-18(15-17)27-2;/h6-8,15H,3-5,9-14,16H2,1-2H3,(H,22,24)(H,23,26);1H. The van der Waals surface area contributed by atoms with Crippen molar-refractivity contribution in [1.29, 1.82) is 0 Å². The predicted molar refractivity (Wildman–Crippen MR) is 124 cm³/mol. The van der Waals surface area contributed by atoms with Crippen molar-refractivity contribution >= 4 is 35.8 Å². The molecule has 1 spiro atoms. The fraction of sp³-hybridized carbons (Fsp3) is 0.619. The van der Waals surface area contributed by atoms with Gasteiger partial charge in [-0.1, -0.05) is 25.3 Å². The quantitative estimate of drug-likeness (QED) is 0.282. The minimum absolute atomic E-state index is 0. The Bertz CT molecular complexity index is 674. The molecule has 2 N–H and O–H groups in total. The number of methoxy groups -OCH3 is 1. The van der Waals surface area contributed by atoms with Crippen molar-refractivity contribution in [3.05, 3.63) is 29.8 Å². The van der Waals surface area contributed by atoms with Gasteiger partial charge in [0, 0.05) is 38.8 Å². The molecule has 2 aliphatic rings. The molecule has 1 heterocycles. The zero-order valence-electron chi connectivity index (χ0n) is 17.0. The van der Waals surface area contributed by atoms with Gasteiger partial charge in [0.2, 0.25) is 0 Å². The summed E-state index contributed by atoms with van der Waals surface area (Å²) in [6.07, 6.45) is 8.13. The van der Waals surface area contributed by atoms with Gasteiger partial charge in [-0.15, -0.1) is 24.0 Å². The first-order chi connectivity index (χ1) is 13.2. The highest BCUT2D eigenvalue weighted by Crippen LogP contribution is 2.43. The van der Waals surface area contributed by atoms with Gasteiger partial charge >= 0.3 is 0 Å². The zero-order valence-corrected chi connectivity index (χ0v) is 19.3. The number of likely N-dealkylation sites (tertiary alicyclic amines) is 1. The van der Waals surface area contributed by atoms with E-state index in [2.05, 4.69) is 20.5 Å². The molecule has 0 unspecified atom stereocenters. The minimum atomic E-state index is -0.0898. The van der Waals surface area contributed by atoms with Crippen LogP contribution in [0.5, 0.6) is 5.75 Å². The van der Waals surface area contributed by atoms with E-state index in [0.29, 0.717) is 29.8 Å². The van der Waals surface area contributed by atoms with Crippen molar-refractivity contribution in [3.8, 4) is 5.75 Å². The summed E-state index contributed by atoms with van der Waals surface area (Å²) >= 11 is 0. The smallest absolute Gasteiger partial charge is 0.251 e. The molecule has 0 atom stereocenters. The highest BCUT2D eigenvalue weighted by molar-refractivity contribution is 14.0. The molecule has 1 aromatic carbocycles. The average molecular weight is 500 g/mol. The molecule has 1 saturated carbocycles. The van der Waals surface area contributed by atoms with Gasteiger partial charge in [0.1, 0.15) is 5.75 Å². The second-order valence-corrected chi connectivity index (χ2v) is 7.69. The van der Waals surface area contributed by atoms with E-state index in [0.717, 1.165) is 19.0 Å². The van der Waals surface area contributed by atoms with E-state index < -0.39 is 0 Å². The molecular formula is C21H33IN4O2. The summed E-state index contributed by atoms with van der Waals surface area (Å²) in [4.78, 5) is 19.1.